The van der Waals surface area contributed by atoms with Crippen molar-refractivity contribution >= 4 is 17.9 Å². The van der Waals surface area contributed by atoms with Gasteiger partial charge in [0.2, 0.25) is 11.8 Å². The van der Waals surface area contributed by atoms with Crippen LogP contribution in [0.15, 0.2) is 42.7 Å². The smallest absolute Gasteiger partial charge is 0.407 e. The van der Waals surface area contributed by atoms with Crippen molar-refractivity contribution in [3.8, 4) is 0 Å². The third-order valence-corrected chi connectivity index (χ3v) is 7.60. The van der Waals surface area contributed by atoms with Crippen LogP contribution in [0.1, 0.15) is 77.2 Å². The number of unbranched alkanes of at least 4 members (excludes halogenated alkanes) is 1. The SMILES string of the molecule is CCCC[C@H](C)[C@@H]1C(=O)N(CCCc2ccccc2)C=CN1C(=O)[C@@H](NC(=O)OC)C1CCCCC1. The van der Waals surface area contributed by atoms with Gasteiger partial charge in [-0.2, -0.15) is 0 Å². The quantitative estimate of drug-likeness (QED) is 0.452. The summed E-state index contributed by atoms with van der Waals surface area (Å²) in [5.74, 6) is -0.199. The van der Waals surface area contributed by atoms with Gasteiger partial charge in [0, 0.05) is 18.9 Å². The van der Waals surface area contributed by atoms with Gasteiger partial charge >= 0.3 is 6.09 Å². The van der Waals surface area contributed by atoms with Crippen LogP contribution in [0, 0.1) is 11.8 Å². The summed E-state index contributed by atoms with van der Waals surface area (Å²) in [5.41, 5.74) is 1.25. The van der Waals surface area contributed by atoms with E-state index < -0.39 is 18.2 Å². The van der Waals surface area contributed by atoms with Gasteiger partial charge in [0.05, 0.1) is 7.11 Å². The maximum Gasteiger partial charge on any atom is 0.407 e. The lowest BCUT2D eigenvalue weighted by Crippen LogP contribution is -2.59. The van der Waals surface area contributed by atoms with Gasteiger partial charge < -0.3 is 19.9 Å². The molecule has 3 amide bonds. The molecule has 0 saturated heterocycles. The molecule has 0 radical (unpaired) electrons. The van der Waals surface area contributed by atoms with Crippen LogP contribution in [0.3, 0.4) is 0 Å². The Bertz CT molecular complexity index is 882. The highest BCUT2D eigenvalue weighted by atomic mass is 16.5. The minimum absolute atomic E-state index is 0.00751. The van der Waals surface area contributed by atoms with Gasteiger partial charge in [-0.1, -0.05) is 76.3 Å². The minimum Gasteiger partial charge on any atom is -0.453 e. The Morgan fingerprint density at radius 3 is 2.47 bits per heavy atom. The molecule has 0 unspecified atom stereocenters. The van der Waals surface area contributed by atoms with Gasteiger partial charge in [0.15, 0.2) is 0 Å². The maximum absolute atomic E-state index is 13.9. The fraction of sp³-hybridized carbons (Fsp3) is 0.621. The summed E-state index contributed by atoms with van der Waals surface area (Å²) in [5, 5.41) is 2.80. The molecular formula is C29H43N3O4. The number of alkyl carbamates (subject to hydrolysis) is 1. The summed E-state index contributed by atoms with van der Waals surface area (Å²) in [4.78, 5) is 43.2. The standard InChI is InChI=1S/C29H43N3O4/c1-4-5-13-22(2)26-28(34)31(19-12-16-23-14-8-6-9-15-23)20-21-32(26)27(33)25(30-29(35)36-3)24-17-10-7-11-18-24/h6,8-9,14-15,20-22,24-26H,4-5,7,10-13,16-19H2,1-3H3,(H,30,35)/t22-,25-,26+/m0/s1. The Hall–Kier alpha value is -2.83. The number of methoxy groups -OCH3 is 1. The lowest BCUT2D eigenvalue weighted by atomic mass is 9.82. The second-order valence-corrected chi connectivity index (χ2v) is 10.2. The molecule has 3 atom stereocenters. The number of nitrogens with zero attached hydrogens (tertiary/aromatic N) is 2. The zero-order chi connectivity index (χ0) is 25.9. The first kappa shape index (κ1) is 27.8. The van der Waals surface area contributed by atoms with E-state index in [9.17, 15) is 14.4 Å². The fourth-order valence-electron chi connectivity index (χ4n) is 5.50. The Balaban J connectivity index is 1.79. The molecule has 1 aromatic rings. The Morgan fingerprint density at radius 2 is 1.81 bits per heavy atom. The van der Waals surface area contributed by atoms with Crippen molar-refractivity contribution in [1.82, 2.24) is 15.1 Å². The van der Waals surface area contributed by atoms with E-state index in [0.717, 1.165) is 64.2 Å². The number of aryl methyl sites for hydroxylation is 1. The summed E-state index contributed by atoms with van der Waals surface area (Å²) in [6.45, 7) is 4.80. The number of hydrogen-bond donors (Lipinski definition) is 1. The molecule has 1 N–H and O–H groups in total. The maximum atomic E-state index is 13.9. The first-order chi connectivity index (χ1) is 17.5. The first-order valence-corrected chi connectivity index (χ1v) is 13.7. The summed E-state index contributed by atoms with van der Waals surface area (Å²) in [6, 6.07) is 9.00. The second-order valence-electron chi connectivity index (χ2n) is 10.2. The van der Waals surface area contributed by atoms with E-state index in [1.807, 2.05) is 18.2 Å². The highest BCUT2D eigenvalue weighted by Gasteiger charge is 2.42. The van der Waals surface area contributed by atoms with Gasteiger partial charge in [0.25, 0.3) is 0 Å². The van der Waals surface area contributed by atoms with E-state index in [2.05, 4.69) is 31.3 Å². The van der Waals surface area contributed by atoms with Crippen LogP contribution >= 0.6 is 0 Å². The molecule has 36 heavy (non-hydrogen) atoms. The lowest BCUT2D eigenvalue weighted by molar-refractivity contribution is -0.147. The zero-order valence-electron chi connectivity index (χ0n) is 22.2. The van der Waals surface area contributed by atoms with Crippen LogP contribution in [-0.4, -0.2) is 53.4 Å². The number of ether oxygens (including phenoxy) is 1. The second kappa shape index (κ2) is 14.0. The van der Waals surface area contributed by atoms with E-state index in [4.69, 9.17) is 4.74 Å². The zero-order valence-corrected chi connectivity index (χ0v) is 22.2. The molecule has 1 aromatic carbocycles. The third kappa shape index (κ3) is 7.34. The van der Waals surface area contributed by atoms with Gasteiger partial charge in [0.1, 0.15) is 12.1 Å². The van der Waals surface area contributed by atoms with E-state index in [1.165, 1.54) is 12.7 Å². The number of rotatable bonds is 11. The van der Waals surface area contributed by atoms with Crippen LogP contribution < -0.4 is 5.32 Å². The monoisotopic (exact) mass is 497 g/mol. The summed E-state index contributed by atoms with van der Waals surface area (Å²) < 4.78 is 4.84. The number of nitrogens with one attached hydrogen (secondary N) is 1. The van der Waals surface area contributed by atoms with Crippen molar-refractivity contribution < 1.29 is 19.1 Å². The van der Waals surface area contributed by atoms with Gasteiger partial charge in [-0.05, 0) is 49.5 Å². The van der Waals surface area contributed by atoms with Crippen molar-refractivity contribution in [2.24, 2.45) is 11.8 Å². The molecule has 1 aliphatic carbocycles. The fourth-order valence-corrected chi connectivity index (χ4v) is 5.50. The molecule has 198 valence electrons. The average molecular weight is 498 g/mol. The predicted octanol–water partition coefficient (Wildman–Crippen LogP) is 5.26. The molecule has 0 bridgehead atoms. The number of carbonyl (C=O) groups is 3. The largest absolute Gasteiger partial charge is 0.453 e. The van der Waals surface area contributed by atoms with Crippen molar-refractivity contribution in [3.63, 3.8) is 0 Å². The summed E-state index contributed by atoms with van der Waals surface area (Å²) in [6.07, 6.45) is 12.5. The predicted molar refractivity (Wildman–Crippen MR) is 141 cm³/mol. The van der Waals surface area contributed by atoms with Crippen LogP contribution in [0.2, 0.25) is 0 Å². The van der Waals surface area contributed by atoms with E-state index in [1.54, 1.807) is 22.2 Å². The number of benzene rings is 1. The highest BCUT2D eigenvalue weighted by Crippen LogP contribution is 2.30. The van der Waals surface area contributed by atoms with Gasteiger partial charge in [-0.3, -0.25) is 9.59 Å². The Morgan fingerprint density at radius 1 is 1.08 bits per heavy atom. The van der Waals surface area contributed by atoms with E-state index in [0.29, 0.717) is 6.54 Å². The molecule has 1 saturated carbocycles. The molecule has 7 heteroatoms. The molecule has 2 aliphatic rings. The highest BCUT2D eigenvalue weighted by molar-refractivity contribution is 5.93. The first-order valence-electron chi connectivity index (χ1n) is 13.7. The molecule has 0 aromatic heterocycles. The van der Waals surface area contributed by atoms with Crippen molar-refractivity contribution in [1.29, 1.82) is 0 Å². The van der Waals surface area contributed by atoms with Crippen LogP contribution in [0.5, 0.6) is 0 Å². The minimum atomic E-state index is -0.694. The van der Waals surface area contributed by atoms with Crippen LogP contribution in [0.25, 0.3) is 0 Å². The van der Waals surface area contributed by atoms with Gasteiger partial charge in [-0.15, -0.1) is 0 Å². The molecule has 7 nitrogen and oxygen atoms in total. The Kier molecular flexibility index (Phi) is 10.8. The van der Waals surface area contributed by atoms with Crippen LogP contribution in [-0.2, 0) is 20.7 Å². The van der Waals surface area contributed by atoms with E-state index in [-0.39, 0.29) is 23.7 Å². The van der Waals surface area contributed by atoms with Crippen molar-refractivity contribution in [2.45, 2.75) is 90.1 Å². The normalized spacial score (nSPS) is 20.2. The number of amides is 3. The third-order valence-electron chi connectivity index (χ3n) is 7.60. The molecule has 0 spiro atoms. The van der Waals surface area contributed by atoms with Crippen LogP contribution in [0.4, 0.5) is 4.79 Å². The Labute approximate surface area is 216 Å². The summed E-state index contributed by atoms with van der Waals surface area (Å²) in [7, 11) is 1.31. The molecule has 1 heterocycles. The molecular weight excluding hydrogens is 454 g/mol. The molecule has 1 aliphatic heterocycles. The number of hydrogen-bond acceptors (Lipinski definition) is 4. The van der Waals surface area contributed by atoms with Crippen molar-refractivity contribution in [2.75, 3.05) is 13.7 Å². The van der Waals surface area contributed by atoms with E-state index >= 15 is 0 Å². The topological polar surface area (TPSA) is 79.0 Å². The summed E-state index contributed by atoms with van der Waals surface area (Å²) >= 11 is 0. The number of carbonyl (C=O) groups excluding carboxylic acids is 3. The van der Waals surface area contributed by atoms with Crippen molar-refractivity contribution in [3.05, 3.63) is 48.3 Å². The molecule has 3 rings (SSSR count). The molecule has 1 fully saturated rings. The lowest BCUT2D eigenvalue weighted by Gasteiger charge is -2.41. The van der Waals surface area contributed by atoms with Gasteiger partial charge in [-0.25, -0.2) is 4.79 Å². The average Bonchev–Trinajstić information content (AvgIpc) is 2.91.